The van der Waals surface area contributed by atoms with Crippen molar-refractivity contribution in [3.8, 4) is 0 Å². The summed E-state index contributed by atoms with van der Waals surface area (Å²) in [6.07, 6.45) is -1.53. The lowest BCUT2D eigenvalue weighted by molar-refractivity contribution is -0.326. The Balaban J connectivity index is 1.29. The molecule has 0 bridgehead atoms. The second-order valence-electron chi connectivity index (χ2n) is 11.2. The summed E-state index contributed by atoms with van der Waals surface area (Å²) in [7, 11) is 0. The molecule has 40 heavy (non-hydrogen) atoms. The van der Waals surface area contributed by atoms with Gasteiger partial charge in [-0.3, -0.25) is 0 Å². The molecule has 218 valence electrons. The minimum Gasteiger partial charge on any atom is -0.370 e. The van der Waals surface area contributed by atoms with Gasteiger partial charge in [0.2, 0.25) is 0 Å². The van der Waals surface area contributed by atoms with Gasteiger partial charge in [0.1, 0.15) is 24.4 Å². The van der Waals surface area contributed by atoms with Crippen molar-refractivity contribution in [2.75, 3.05) is 13.2 Å². The molecule has 0 amide bonds. The van der Waals surface area contributed by atoms with E-state index < -0.39 is 30.6 Å². The van der Waals surface area contributed by atoms with Gasteiger partial charge in [-0.15, -0.1) is 6.58 Å². The first-order chi connectivity index (χ1) is 19.3. The molecule has 8 heteroatoms. The number of hydrogen-bond acceptors (Lipinski definition) is 8. The van der Waals surface area contributed by atoms with Crippen molar-refractivity contribution in [1.29, 1.82) is 0 Å². The Morgan fingerprint density at radius 1 is 0.825 bits per heavy atom. The summed E-state index contributed by atoms with van der Waals surface area (Å²) < 4.78 is 50.4. The van der Waals surface area contributed by atoms with Crippen LogP contribution in [0.3, 0.4) is 0 Å². The second-order valence-corrected chi connectivity index (χ2v) is 11.2. The van der Waals surface area contributed by atoms with E-state index in [1.807, 2.05) is 57.2 Å². The Morgan fingerprint density at radius 2 is 1.45 bits per heavy atom. The monoisotopic (exact) mass is 554 g/mol. The van der Waals surface area contributed by atoms with E-state index in [0.29, 0.717) is 26.4 Å². The van der Waals surface area contributed by atoms with Crippen molar-refractivity contribution in [3.05, 3.63) is 84.4 Å². The lowest BCUT2D eigenvalue weighted by Crippen LogP contribution is -2.60. The van der Waals surface area contributed by atoms with Gasteiger partial charge in [-0.1, -0.05) is 73.7 Å². The third-order valence-corrected chi connectivity index (χ3v) is 7.57. The summed E-state index contributed by atoms with van der Waals surface area (Å²) in [6, 6.07) is 20.3. The first-order valence-electron chi connectivity index (χ1n) is 14.2. The first kappa shape index (κ1) is 29.4. The average Bonchev–Trinajstić information content (AvgIpc) is 3.29. The molecule has 8 nitrogen and oxygen atoms in total. The third-order valence-electron chi connectivity index (χ3n) is 7.57. The first-order valence-corrected chi connectivity index (χ1v) is 14.2. The molecule has 0 saturated carbocycles. The minimum absolute atomic E-state index is 0.131. The molecular weight excluding hydrogens is 512 g/mol. The van der Waals surface area contributed by atoms with Crippen LogP contribution in [0.25, 0.3) is 0 Å². The molecule has 5 rings (SSSR count). The molecule has 0 aliphatic carbocycles. The van der Waals surface area contributed by atoms with Gasteiger partial charge in [-0.25, -0.2) is 0 Å². The van der Waals surface area contributed by atoms with E-state index >= 15 is 0 Å². The zero-order valence-corrected chi connectivity index (χ0v) is 23.8. The molecule has 2 aromatic carbocycles. The van der Waals surface area contributed by atoms with Crippen LogP contribution in [0.2, 0.25) is 0 Å². The van der Waals surface area contributed by atoms with E-state index in [-0.39, 0.29) is 30.3 Å². The lowest BCUT2D eigenvalue weighted by atomic mass is 9.95. The van der Waals surface area contributed by atoms with E-state index in [1.165, 1.54) is 0 Å². The molecule has 3 aliphatic rings. The number of benzene rings is 2. The van der Waals surface area contributed by atoms with Gasteiger partial charge in [0.25, 0.3) is 0 Å². The van der Waals surface area contributed by atoms with Crippen LogP contribution in [0, 0.1) is 5.92 Å². The van der Waals surface area contributed by atoms with Crippen molar-refractivity contribution < 1.29 is 37.9 Å². The molecule has 0 aromatic heterocycles. The Hall–Kier alpha value is -2.14. The predicted molar refractivity (Wildman–Crippen MR) is 148 cm³/mol. The smallest absolute Gasteiger partial charge is 0.187 e. The third kappa shape index (κ3) is 7.01. The minimum atomic E-state index is -0.795. The van der Waals surface area contributed by atoms with Gasteiger partial charge in [0.05, 0.1) is 38.6 Å². The molecule has 0 N–H and O–H groups in total. The van der Waals surface area contributed by atoms with Gasteiger partial charge in [0.15, 0.2) is 18.4 Å². The van der Waals surface area contributed by atoms with Crippen LogP contribution < -0.4 is 0 Å². The fourth-order valence-corrected chi connectivity index (χ4v) is 5.59. The number of ether oxygens (including phenoxy) is 8. The molecule has 3 aliphatic heterocycles. The standard InChI is InChI=1S/C32H42O8/c1-6-17-33-31-29-28(39-32(4,5)40-29)27(22(3)37-31)38-30-21(2)26(35-19-24-15-11-8-12-16-24)25(20-36-30)34-18-23-13-9-7-10-14-23/h6-16,21-22,25-31H,1,17-20H2,2-5H3/t21?,22?,25-,26?,27+,28?,29?,30+,31-/m1/s1. The van der Waals surface area contributed by atoms with Crippen molar-refractivity contribution in [2.45, 2.75) is 95.9 Å². The van der Waals surface area contributed by atoms with Crippen molar-refractivity contribution in [2.24, 2.45) is 5.92 Å². The fourth-order valence-electron chi connectivity index (χ4n) is 5.59. The summed E-state index contributed by atoms with van der Waals surface area (Å²) in [5.74, 6) is -0.925. The van der Waals surface area contributed by atoms with Crippen molar-refractivity contribution in [1.82, 2.24) is 0 Å². The maximum atomic E-state index is 6.65. The van der Waals surface area contributed by atoms with Crippen molar-refractivity contribution in [3.63, 3.8) is 0 Å². The Kier molecular flexibility index (Phi) is 9.71. The predicted octanol–water partition coefficient (Wildman–Crippen LogP) is 5.00. The Bertz CT molecular complexity index is 1060. The van der Waals surface area contributed by atoms with E-state index in [4.69, 9.17) is 37.9 Å². The zero-order chi connectivity index (χ0) is 28.1. The average molecular weight is 555 g/mol. The molecular formula is C32H42O8. The van der Waals surface area contributed by atoms with Crippen LogP contribution in [0.5, 0.6) is 0 Å². The molecule has 0 spiro atoms. The number of fused-ring (bicyclic) bond motifs is 1. The quantitative estimate of drug-likeness (QED) is 0.359. The summed E-state index contributed by atoms with van der Waals surface area (Å²) in [5.41, 5.74) is 2.20. The van der Waals surface area contributed by atoms with Crippen LogP contribution in [0.4, 0.5) is 0 Å². The van der Waals surface area contributed by atoms with Crippen LogP contribution in [0.1, 0.15) is 38.8 Å². The maximum absolute atomic E-state index is 6.65. The van der Waals surface area contributed by atoms with E-state index in [2.05, 4.69) is 37.8 Å². The summed E-state index contributed by atoms with van der Waals surface area (Å²) in [5, 5.41) is 0. The SMILES string of the molecule is C=CCO[C@@H]1OC(C)[C@H](O[C@@H]2OC[C@@H](OCc3ccccc3)C(OCc3ccccc3)C2C)C2OC(C)(C)OC21. The summed E-state index contributed by atoms with van der Waals surface area (Å²) in [6.45, 7) is 13.2. The highest BCUT2D eigenvalue weighted by atomic mass is 16.8. The van der Waals surface area contributed by atoms with E-state index in [1.54, 1.807) is 6.08 Å². The molecule has 5 unspecified atom stereocenters. The van der Waals surface area contributed by atoms with E-state index in [9.17, 15) is 0 Å². The van der Waals surface area contributed by atoms with Gasteiger partial charge in [-0.2, -0.15) is 0 Å². The van der Waals surface area contributed by atoms with Crippen LogP contribution >= 0.6 is 0 Å². The van der Waals surface area contributed by atoms with Gasteiger partial charge in [-0.05, 0) is 31.9 Å². The summed E-state index contributed by atoms with van der Waals surface area (Å²) >= 11 is 0. The highest BCUT2D eigenvalue weighted by Gasteiger charge is 2.56. The maximum Gasteiger partial charge on any atom is 0.187 e. The Labute approximate surface area is 237 Å². The highest BCUT2D eigenvalue weighted by molar-refractivity contribution is 5.14. The lowest BCUT2D eigenvalue weighted by Gasteiger charge is -2.45. The van der Waals surface area contributed by atoms with Gasteiger partial charge in [0, 0.05) is 5.92 Å². The summed E-state index contributed by atoms with van der Waals surface area (Å²) in [4.78, 5) is 0. The largest absolute Gasteiger partial charge is 0.370 e. The number of rotatable bonds is 11. The molecule has 3 heterocycles. The molecule has 2 aromatic rings. The molecule has 3 fully saturated rings. The van der Waals surface area contributed by atoms with Crippen LogP contribution in [-0.2, 0) is 51.1 Å². The van der Waals surface area contributed by atoms with Gasteiger partial charge < -0.3 is 37.9 Å². The fraction of sp³-hybridized carbons (Fsp3) is 0.562. The van der Waals surface area contributed by atoms with Crippen LogP contribution in [-0.4, -0.2) is 68.2 Å². The van der Waals surface area contributed by atoms with Crippen molar-refractivity contribution >= 4 is 0 Å². The highest BCUT2D eigenvalue weighted by Crippen LogP contribution is 2.40. The Morgan fingerprint density at radius 3 is 2.10 bits per heavy atom. The number of hydrogen-bond donors (Lipinski definition) is 0. The van der Waals surface area contributed by atoms with Crippen LogP contribution in [0.15, 0.2) is 73.3 Å². The topological polar surface area (TPSA) is 73.8 Å². The van der Waals surface area contributed by atoms with E-state index in [0.717, 1.165) is 11.1 Å². The second kappa shape index (κ2) is 13.2. The normalized spacial score (nSPS) is 35.2. The zero-order valence-electron chi connectivity index (χ0n) is 23.8. The van der Waals surface area contributed by atoms with Gasteiger partial charge >= 0.3 is 0 Å². The molecule has 9 atom stereocenters. The molecule has 3 saturated heterocycles. The molecule has 0 radical (unpaired) electrons.